The Bertz CT molecular complexity index is 358. The third-order valence-electron chi connectivity index (χ3n) is 1.83. The van der Waals surface area contributed by atoms with E-state index in [0.717, 1.165) is 18.2 Å². The van der Waals surface area contributed by atoms with E-state index in [0.29, 0.717) is 0 Å². The quantitative estimate of drug-likeness (QED) is 0.583. The Kier molecular flexibility index (Phi) is 3.49. The van der Waals surface area contributed by atoms with Crippen LogP contribution in [0.4, 0.5) is 26.1 Å². The molecule has 0 fully saturated rings. The molecule has 1 aromatic rings. The molecule has 90 valence electrons. The molecule has 0 saturated carbocycles. The van der Waals surface area contributed by atoms with Crippen LogP contribution in [-0.4, -0.2) is 12.0 Å². The minimum Gasteiger partial charge on any atom is -0.449 e. The van der Waals surface area contributed by atoms with Gasteiger partial charge in [-0.1, -0.05) is 12.4 Å². The van der Waals surface area contributed by atoms with Crippen molar-refractivity contribution >= 4 is 6.98 Å². The Labute approximate surface area is 87.5 Å². The van der Waals surface area contributed by atoms with Crippen LogP contribution in [0.5, 0.6) is 0 Å². The van der Waals surface area contributed by atoms with Gasteiger partial charge in [0.15, 0.2) is 0 Å². The van der Waals surface area contributed by atoms with E-state index in [1.54, 1.807) is 0 Å². The second-order valence-corrected chi connectivity index (χ2v) is 3.26. The fourth-order valence-corrected chi connectivity index (χ4v) is 1.09. The van der Waals surface area contributed by atoms with Crippen molar-refractivity contribution in [2.75, 3.05) is 0 Å². The lowest BCUT2D eigenvalue weighted by Gasteiger charge is -2.13. The molecule has 0 aliphatic carbocycles. The van der Waals surface area contributed by atoms with Crippen LogP contribution in [0.2, 0.25) is 6.32 Å². The molecular weight excluding hydrogens is 235 g/mol. The molecule has 1 nitrogen and oxygen atoms in total. The van der Waals surface area contributed by atoms with Crippen molar-refractivity contribution in [1.82, 2.24) is 4.98 Å². The first-order valence-electron chi connectivity index (χ1n) is 4.42. The molecule has 0 bridgehead atoms. The van der Waals surface area contributed by atoms with Gasteiger partial charge in [0.05, 0.1) is 0 Å². The number of nitrogens with zero attached hydrogens (tertiary/aromatic N) is 1. The number of alkyl halides is 3. The summed E-state index contributed by atoms with van der Waals surface area (Å²) in [4.78, 5) is 3.13. The summed E-state index contributed by atoms with van der Waals surface area (Å²) in [5.74, 6) is 0. The minimum absolute atomic E-state index is 0.200. The second kappa shape index (κ2) is 4.35. The summed E-state index contributed by atoms with van der Waals surface area (Å²) < 4.78 is 72.1. The molecule has 0 N–H and O–H groups in total. The van der Waals surface area contributed by atoms with E-state index in [1.807, 2.05) is 0 Å². The van der Waals surface area contributed by atoms with E-state index in [9.17, 15) is 26.1 Å². The highest BCUT2D eigenvalue weighted by molar-refractivity contribution is 6.58. The van der Waals surface area contributed by atoms with E-state index in [-0.39, 0.29) is 5.69 Å². The molecule has 0 aliphatic heterocycles. The molecule has 0 aromatic carbocycles. The van der Waals surface area contributed by atoms with Crippen molar-refractivity contribution in [3.8, 4) is 0 Å². The zero-order chi connectivity index (χ0) is 12.4. The Balaban J connectivity index is 2.76. The number of pyridine rings is 1. The van der Waals surface area contributed by atoms with Crippen LogP contribution in [0.1, 0.15) is 11.4 Å². The van der Waals surface area contributed by atoms with E-state index >= 15 is 0 Å². The van der Waals surface area contributed by atoms with E-state index < -0.39 is 31.6 Å². The summed E-state index contributed by atoms with van der Waals surface area (Å²) >= 11 is 0. The molecule has 0 radical (unpaired) electrons. The number of rotatable bonds is 3. The molecule has 16 heavy (non-hydrogen) atoms. The van der Waals surface area contributed by atoms with Gasteiger partial charge in [0.2, 0.25) is 0 Å². The molecule has 8 heteroatoms. The summed E-state index contributed by atoms with van der Waals surface area (Å²) in [5.41, 5.74) is -1.37. The van der Waals surface area contributed by atoms with Crippen molar-refractivity contribution in [1.29, 1.82) is 0 Å². The van der Waals surface area contributed by atoms with Crippen molar-refractivity contribution in [2.24, 2.45) is 0 Å². The molecule has 0 amide bonds. The largest absolute Gasteiger partial charge is 0.478 e. The molecule has 1 heterocycles. The summed E-state index contributed by atoms with van der Waals surface area (Å²) in [6, 6.07) is 2.92. The monoisotopic (exact) mass is 242 g/mol. The lowest BCUT2D eigenvalue weighted by molar-refractivity contribution is -0.141. The maximum absolute atomic E-state index is 12.2. The van der Waals surface area contributed by atoms with Gasteiger partial charge in [0, 0.05) is 5.69 Å². The fourth-order valence-electron chi connectivity index (χ4n) is 1.09. The van der Waals surface area contributed by atoms with Gasteiger partial charge in [-0.25, -0.2) is 4.98 Å². The summed E-state index contributed by atoms with van der Waals surface area (Å²) in [6.45, 7) is -4.99. The normalized spacial score (nSPS) is 12.9. The van der Waals surface area contributed by atoms with Gasteiger partial charge < -0.3 is 12.9 Å². The SMILES string of the molecule is F[B-](F)(F)CCc1cccc(C(F)(F)F)n1. The van der Waals surface area contributed by atoms with Crippen molar-refractivity contribution in [3.63, 3.8) is 0 Å². The zero-order valence-electron chi connectivity index (χ0n) is 7.94. The number of aryl methyl sites for hydroxylation is 1. The van der Waals surface area contributed by atoms with Crippen LogP contribution in [0, 0.1) is 0 Å². The number of hydrogen-bond acceptors (Lipinski definition) is 1. The lowest BCUT2D eigenvalue weighted by Crippen LogP contribution is -2.16. The average Bonchev–Trinajstić information content (AvgIpc) is 2.13. The summed E-state index contributed by atoms with van der Waals surface area (Å²) in [7, 11) is 0. The van der Waals surface area contributed by atoms with E-state index in [4.69, 9.17) is 0 Å². The van der Waals surface area contributed by atoms with Crippen molar-refractivity contribution in [2.45, 2.75) is 18.9 Å². The maximum atomic E-state index is 12.2. The van der Waals surface area contributed by atoms with Crippen LogP contribution >= 0.6 is 0 Å². The standard InChI is InChI=1S/C8H7BF6N/c10-8(11,12)7-3-1-2-6(16-7)4-5-9(13,14)15/h1-3H,4-5H2/q-1. The Morgan fingerprint density at radius 1 is 1.12 bits per heavy atom. The zero-order valence-corrected chi connectivity index (χ0v) is 7.94. The highest BCUT2D eigenvalue weighted by atomic mass is 19.4. The van der Waals surface area contributed by atoms with E-state index in [1.165, 1.54) is 0 Å². The number of aromatic nitrogens is 1. The van der Waals surface area contributed by atoms with Gasteiger partial charge in [-0.3, -0.25) is 0 Å². The first-order valence-corrected chi connectivity index (χ1v) is 4.42. The maximum Gasteiger partial charge on any atom is 0.478 e. The fraction of sp³-hybridized carbons (Fsp3) is 0.375. The molecule has 1 aromatic heterocycles. The number of hydrogen-bond donors (Lipinski definition) is 0. The highest BCUT2D eigenvalue weighted by Crippen LogP contribution is 2.28. The van der Waals surface area contributed by atoms with Gasteiger partial charge in [-0.2, -0.15) is 13.2 Å². The van der Waals surface area contributed by atoms with Gasteiger partial charge in [0.25, 0.3) is 0 Å². The summed E-state index contributed by atoms with van der Waals surface area (Å²) in [6.07, 6.45) is -6.26. The first-order chi connectivity index (χ1) is 7.18. The van der Waals surface area contributed by atoms with Gasteiger partial charge >= 0.3 is 13.2 Å². The predicted octanol–water partition coefficient (Wildman–Crippen LogP) is 3.49. The van der Waals surface area contributed by atoms with Crippen molar-refractivity contribution in [3.05, 3.63) is 29.6 Å². The highest BCUT2D eigenvalue weighted by Gasteiger charge is 2.32. The van der Waals surface area contributed by atoms with Gasteiger partial charge in [-0.15, -0.1) is 0 Å². The van der Waals surface area contributed by atoms with Crippen LogP contribution in [-0.2, 0) is 12.6 Å². The molecule has 0 unspecified atom stereocenters. The van der Waals surface area contributed by atoms with Crippen LogP contribution in [0.25, 0.3) is 0 Å². The topological polar surface area (TPSA) is 12.9 Å². The molecule has 1 rings (SSSR count). The summed E-state index contributed by atoms with van der Waals surface area (Å²) in [5, 5.41) is 0. The number of halogens is 6. The Morgan fingerprint density at radius 2 is 1.75 bits per heavy atom. The van der Waals surface area contributed by atoms with E-state index in [2.05, 4.69) is 4.98 Å². The van der Waals surface area contributed by atoms with Gasteiger partial charge in [0.1, 0.15) is 5.69 Å². The molecule has 0 atom stereocenters. The second-order valence-electron chi connectivity index (χ2n) is 3.26. The van der Waals surface area contributed by atoms with Crippen molar-refractivity contribution < 1.29 is 26.1 Å². The first kappa shape index (κ1) is 12.9. The molecule has 0 aliphatic rings. The molecular formula is C8H7BF6N-. The van der Waals surface area contributed by atoms with Gasteiger partial charge in [-0.05, 0) is 18.6 Å². The predicted molar refractivity (Wildman–Crippen MR) is 46.8 cm³/mol. The van der Waals surface area contributed by atoms with Crippen LogP contribution in [0.15, 0.2) is 18.2 Å². The average molecular weight is 242 g/mol. The Morgan fingerprint density at radius 3 is 2.25 bits per heavy atom. The Hall–Kier alpha value is -1.21. The van der Waals surface area contributed by atoms with Crippen LogP contribution in [0.3, 0.4) is 0 Å². The van der Waals surface area contributed by atoms with Crippen LogP contribution < -0.4 is 0 Å². The lowest BCUT2D eigenvalue weighted by atomic mass is 9.83. The third-order valence-corrected chi connectivity index (χ3v) is 1.83. The smallest absolute Gasteiger partial charge is 0.449 e. The molecule has 0 saturated heterocycles. The molecule has 0 spiro atoms. The minimum atomic E-state index is -4.99. The third kappa shape index (κ3) is 4.12.